The first-order valence-corrected chi connectivity index (χ1v) is 14.7. The van der Waals surface area contributed by atoms with Crippen molar-refractivity contribution in [1.82, 2.24) is 0 Å². The molecule has 196 valence electrons. The Bertz CT molecular complexity index is 1510. The van der Waals surface area contributed by atoms with Crippen molar-refractivity contribution in [3.05, 3.63) is 112 Å². The number of benzene rings is 3. The number of thioether (sulfide) groups is 1. The summed E-state index contributed by atoms with van der Waals surface area (Å²) in [6.45, 7) is 2.23. The molecule has 3 aromatic carbocycles. The highest BCUT2D eigenvalue weighted by molar-refractivity contribution is 8.00. The largest absolute Gasteiger partial charge is 0.326 e. The van der Waals surface area contributed by atoms with Crippen LogP contribution >= 0.6 is 23.1 Å². The molecule has 2 N–H and O–H groups in total. The van der Waals surface area contributed by atoms with Crippen LogP contribution in [-0.2, 0) is 28.9 Å². The summed E-state index contributed by atoms with van der Waals surface area (Å²) >= 11 is 2.96. The molecule has 2 atom stereocenters. The van der Waals surface area contributed by atoms with Crippen LogP contribution in [0.15, 0.2) is 89.8 Å². The molecule has 0 bridgehead atoms. The van der Waals surface area contributed by atoms with Gasteiger partial charge >= 0.3 is 0 Å². The van der Waals surface area contributed by atoms with Crippen LogP contribution in [0.5, 0.6) is 0 Å². The first-order chi connectivity index (χ1) is 19.0. The minimum Gasteiger partial charge on any atom is -0.326 e. The molecule has 0 saturated carbocycles. The highest BCUT2D eigenvalue weighted by Gasteiger charge is 2.28. The number of anilines is 2. The van der Waals surface area contributed by atoms with Crippen molar-refractivity contribution in [2.24, 2.45) is 5.92 Å². The number of nitrogens with one attached hydrogen (secondary N) is 2. The van der Waals surface area contributed by atoms with Gasteiger partial charge in [0.05, 0.1) is 12.0 Å². The Morgan fingerprint density at radius 1 is 1.03 bits per heavy atom. The number of fused-ring (bicyclic) bond motifs is 1. The molecular weight excluding hydrogens is 523 g/mol. The van der Waals surface area contributed by atoms with Gasteiger partial charge in [0.1, 0.15) is 16.3 Å². The van der Waals surface area contributed by atoms with E-state index < -0.39 is 5.25 Å². The van der Waals surface area contributed by atoms with Crippen molar-refractivity contribution in [2.75, 3.05) is 10.6 Å². The van der Waals surface area contributed by atoms with E-state index >= 15 is 0 Å². The van der Waals surface area contributed by atoms with E-state index in [1.54, 1.807) is 0 Å². The van der Waals surface area contributed by atoms with Crippen LogP contribution in [0.1, 0.15) is 45.7 Å². The molecule has 2 unspecified atom stereocenters. The predicted molar refractivity (Wildman–Crippen MR) is 159 cm³/mol. The minimum atomic E-state index is -0.536. The molecule has 0 radical (unpaired) electrons. The first-order valence-electron chi connectivity index (χ1n) is 13.0. The van der Waals surface area contributed by atoms with E-state index in [1.165, 1.54) is 28.0 Å². The summed E-state index contributed by atoms with van der Waals surface area (Å²) in [5.74, 6) is 0.313. The molecule has 7 heteroatoms. The molecule has 1 aliphatic carbocycles. The van der Waals surface area contributed by atoms with E-state index in [9.17, 15) is 14.9 Å². The monoisotopic (exact) mass is 551 g/mol. The second-order valence-electron chi connectivity index (χ2n) is 9.80. The molecule has 1 aliphatic rings. The van der Waals surface area contributed by atoms with E-state index in [2.05, 4.69) is 23.6 Å². The number of carbonyl (C=O) groups excluding carboxylic acids is 2. The van der Waals surface area contributed by atoms with E-state index in [4.69, 9.17) is 0 Å². The fourth-order valence-corrected chi connectivity index (χ4v) is 7.25. The van der Waals surface area contributed by atoms with Crippen LogP contribution in [0, 0.1) is 17.2 Å². The summed E-state index contributed by atoms with van der Waals surface area (Å²) < 4.78 is 0. The van der Waals surface area contributed by atoms with E-state index in [1.807, 2.05) is 84.9 Å². The second kappa shape index (κ2) is 12.3. The van der Waals surface area contributed by atoms with Crippen molar-refractivity contribution in [3.63, 3.8) is 0 Å². The molecule has 5 nitrogen and oxygen atoms in total. The predicted octanol–water partition coefficient (Wildman–Crippen LogP) is 7.40. The van der Waals surface area contributed by atoms with Gasteiger partial charge in [0, 0.05) is 15.5 Å². The Hall–Kier alpha value is -3.86. The maximum Gasteiger partial charge on any atom is 0.243 e. The zero-order valence-electron chi connectivity index (χ0n) is 21.6. The molecular formula is C32H29N3O2S2. The minimum absolute atomic E-state index is 0.0966. The fourth-order valence-electron chi connectivity index (χ4n) is 4.81. The van der Waals surface area contributed by atoms with Gasteiger partial charge in [0.15, 0.2) is 0 Å². The first kappa shape index (κ1) is 26.7. The number of hydrogen-bond donors (Lipinski definition) is 2. The van der Waals surface area contributed by atoms with Gasteiger partial charge in [-0.1, -0.05) is 73.7 Å². The normalized spacial score (nSPS) is 15.0. The third kappa shape index (κ3) is 6.59. The van der Waals surface area contributed by atoms with Crippen LogP contribution in [0.2, 0.25) is 0 Å². The maximum absolute atomic E-state index is 13.7. The molecule has 0 saturated heterocycles. The van der Waals surface area contributed by atoms with Crippen molar-refractivity contribution < 1.29 is 9.59 Å². The third-order valence-corrected chi connectivity index (χ3v) is 9.20. The van der Waals surface area contributed by atoms with Crippen molar-refractivity contribution >= 4 is 45.6 Å². The van der Waals surface area contributed by atoms with Crippen molar-refractivity contribution in [1.29, 1.82) is 5.26 Å². The average Bonchev–Trinajstić information content (AvgIpc) is 3.28. The number of rotatable bonds is 8. The SMILES string of the molecule is CC1CCc2c(sc(NC(=O)C(Sc3cccc(NC(=O)Cc4ccccc4)c3)c3ccccc3)c2C#N)C1. The molecule has 4 aromatic rings. The highest BCUT2D eigenvalue weighted by Crippen LogP contribution is 2.41. The Kier molecular flexibility index (Phi) is 8.45. The van der Waals surface area contributed by atoms with Gasteiger partial charge in [-0.15, -0.1) is 23.1 Å². The zero-order chi connectivity index (χ0) is 27.2. The molecule has 2 amide bonds. The Labute approximate surface area is 237 Å². The molecule has 0 aliphatic heterocycles. The van der Waals surface area contributed by atoms with E-state index in [0.717, 1.165) is 40.8 Å². The zero-order valence-corrected chi connectivity index (χ0v) is 23.3. The number of amides is 2. The van der Waals surface area contributed by atoms with E-state index in [0.29, 0.717) is 22.2 Å². The maximum atomic E-state index is 13.7. The average molecular weight is 552 g/mol. The van der Waals surface area contributed by atoms with Crippen molar-refractivity contribution in [3.8, 4) is 6.07 Å². The summed E-state index contributed by atoms with van der Waals surface area (Å²) in [5, 5.41) is 16.1. The topological polar surface area (TPSA) is 82.0 Å². The smallest absolute Gasteiger partial charge is 0.243 e. The Balaban J connectivity index is 1.35. The number of hydrogen-bond acceptors (Lipinski definition) is 5. The van der Waals surface area contributed by atoms with Gasteiger partial charge in [-0.05, 0) is 60.1 Å². The number of carbonyl (C=O) groups is 2. The Morgan fingerprint density at radius 3 is 2.51 bits per heavy atom. The van der Waals surface area contributed by atoms with Gasteiger partial charge in [0.2, 0.25) is 11.8 Å². The molecule has 5 rings (SSSR count). The van der Waals surface area contributed by atoms with Crippen LogP contribution in [0.4, 0.5) is 10.7 Å². The summed E-state index contributed by atoms with van der Waals surface area (Å²) in [6, 6.07) is 29.2. The van der Waals surface area contributed by atoms with Crippen LogP contribution in [0.25, 0.3) is 0 Å². The molecule has 1 aromatic heterocycles. The number of nitriles is 1. The van der Waals surface area contributed by atoms with E-state index in [-0.39, 0.29) is 18.2 Å². The van der Waals surface area contributed by atoms with Crippen LogP contribution < -0.4 is 10.6 Å². The molecule has 1 heterocycles. The molecule has 39 heavy (non-hydrogen) atoms. The van der Waals surface area contributed by atoms with Crippen LogP contribution in [-0.4, -0.2) is 11.8 Å². The lowest BCUT2D eigenvalue weighted by Crippen LogP contribution is -2.19. The van der Waals surface area contributed by atoms with Gasteiger partial charge in [-0.2, -0.15) is 5.26 Å². The third-order valence-electron chi connectivity index (χ3n) is 6.78. The summed E-state index contributed by atoms with van der Waals surface area (Å²) in [5.41, 5.74) is 4.20. The summed E-state index contributed by atoms with van der Waals surface area (Å²) in [7, 11) is 0. The number of thiophene rings is 1. The lowest BCUT2D eigenvalue weighted by Gasteiger charge is -2.17. The van der Waals surface area contributed by atoms with Crippen molar-refractivity contribution in [2.45, 2.75) is 42.8 Å². The van der Waals surface area contributed by atoms with Gasteiger partial charge in [-0.3, -0.25) is 9.59 Å². The lowest BCUT2D eigenvalue weighted by atomic mass is 9.88. The van der Waals surface area contributed by atoms with Crippen LogP contribution in [0.3, 0.4) is 0 Å². The summed E-state index contributed by atoms with van der Waals surface area (Å²) in [4.78, 5) is 28.4. The highest BCUT2D eigenvalue weighted by atomic mass is 32.2. The quantitative estimate of drug-likeness (QED) is 0.224. The molecule has 0 spiro atoms. The molecule has 0 fully saturated rings. The number of nitrogens with zero attached hydrogens (tertiary/aromatic N) is 1. The van der Waals surface area contributed by atoms with Gasteiger partial charge in [-0.25, -0.2) is 0 Å². The second-order valence-corrected chi connectivity index (χ2v) is 12.1. The Morgan fingerprint density at radius 2 is 1.77 bits per heavy atom. The standard InChI is InChI=1S/C32H29N3O2S2/c1-21-15-16-26-27(20-33)32(39-28(26)17-21)35-31(37)30(23-11-6-3-7-12-23)38-25-14-8-13-24(19-25)34-29(36)18-22-9-4-2-5-10-22/h2-14,19,21,30H,15-18H2,1H3,(H,34,36)(H,35,37). The fraction of sp³-hybridized carbons (Fsp3) is 0.219. The van der Waals surface area contributed by atoms with Gasteiger partial charge in [0.25, 0.3) is 0 Å². The van der Waals surface area contributed by atoms with Gasteiger partial charge < -0.3 is 10.6 Å². The summed E-state index contributed by atoms with van der Waals surface area (Å²) in [6.07, 6.45) is 3.18. The lowest BCUT2D eigenvalue weighted by molar-refractivity contribution is -0.116.